The van der Waals surface area contributed by atoms with Gasteiger partial charge in [-0.3, -0.25) is 9.59 Å². The monoisotopic (exact) mass is 406 g/mol. The third-order valence-corrected chi connectivity index (χ3v) is 4.85. The lowest BCUT2D eigenvalue weighted by molar-refractivity contribution is -0.131. The highest BCUT2D eigenvalue weighted by molar-refractivity contribution is 5.91. The van der Waals surface area contributed by atoms with Gasteiger partial charge in [-0.15, -0.1) is 0 Å². The Hall–Kier alpha value is -3.54. The van der Waals surface area contributed by atoms with E-state index in [-0.39, 0.29) is 24.8 Å². The van der Waals surface area contributed by atoms with Crippen LogP contribution in [0.2, 0.25) is 0 Å². The van der Waals surface area contributed by atoms with Gasteiger partial charge in [-0.25, -0.2) is 0 Å². The SMILES string of the molecule is COc1ccc(OCCN(C)C(=O)CNC(=O)Cc2cccc3ccccc23)cc1. The Bertz CT molecular complexity index is 996. The molecule has 156 valence electrons. The molecule has 3 aromatic carbocycles. The van der Waals surface area contributed by atoms with Crippen molar-refractivity contribution >= 4 is 22.6 Å². The first-order chi connectivity index (χ1) is 14.6. The molecule has 0 unspecified atom stereocenters. The Morgan fingerprint density at radius 3 is 2.40 bits per heavy atom. The van der Waals surface area contributed by atoms with Gasteiger partial charge in [0.2, 0.25) is 11.8 Å². The van der Waals surface area contributed by atoms with Gasteiger partial charge in [-0.2, -0.15) is 0 Å². The molecule has 3 rings (SSSR count). The van der Waals surface area contributed by atoms with Gasteiger partial charge >= 0.3 is 0 Å². The van der Waals surface area contributed by atoms with Crippen molar-refractivity contribution in [1.82, 2.24) is 10.2 Å². The van der Waals surface area contributed by atoms with Crippen LogP contribution in [0.3, 0.4) is 0 Å². The summed E-state index contributed by atoms with van der Waals surface area (Å²) in [5.74, 6) is 1.12. The summed E-state index contributed by atoms with van der Waals surface area (Å²) in [7, 11) is 3.30. The fraction of sp³-hybridized carbons (Fsp3) is 0.250. The molecule has 0 aromatic heterocycles. The molecule has 6 heteroatoms. The highest BCUT2D eigenvalue weighted by Gasteiger charge is 2.12. The fourth-order valence-corrected chi connectivity index (χ4v) is 3.09. The highest BCUT2D eigenvalue weighted by Crippen LogP contribution is 2.19. The van der Waals surface area contributed by atoms with E-state index in [0.29, 0.717) is 18.9 Å². The van der Waals surface area contributed by atoms with E-state index in [1.54, 1.807) is 19.1 Å². The van der Waals surface area contributed by atoms with Crippen LogP contribution in [-0.4, -0.2) is 50.6 Å². The number of rotatable bonds is 9. The molecular weight excluding hydrogens is 380 g/mol. The first kappa shape index (κ1) is 21.2. The van der Waals surface area contributed by atoms with Crippen molar-refractivity contribution < 1.29 is 19.1 Å². The van der Waals surface area contributed by atoms with Crippen LogP contribution in [-0.2, 0) is 16.0 Å². The van der Waals surface area contributed by atoms with Gasteiger partial charge in [0, 0.05) is 7.05 Å². The summed E-state index contributed by atoms with van der Waals surface area (Å²) in [5, 5.41) is 4.86. The molecule has 2 amide bonds. The standard InChI is InChI=1S/C24H26N2O4/c1-26(14-15-30-21-12-10-20(29-2)11-13-21)24(28)17-25-23(27)16-19-8-5-7-18-6-3-4-9-22(18)19/h3-13H,14-17H2,1-2H3,(H,25,27). The smallest absolute Gasteiger partial charge is 0.241 e. The molecule has 0 aliphatic carbocycles. The van der Waals surface area contributed by atoms with E-state index in [0.717, 1.165) is 22.1 Å². The van der Waals surface area contributed by atoms with Gasteiger partial charge in [-0.1, -0.05) is 42.5 Å². The second-order valence-electron chi connectivity index (χ2n) is 6.93. The van der Waals surface area contributed by atoms with Gasteiger partial charge in [0.15, 0.2) is 0 Å². The van der Waals surface area contributed by atoms with Crippen molar-refractivity contribution in [2.75, 3.05) is 33.9 Å². The summed E-state index contributed by atoms with van der Waals surface area (Å²) >= 11 is 0. The molecule has 0 heterocycles. The maximum Gasteiger partial charge on any atom is 0.241 e. The summed E-state index contributed by atoms with van der Waals surface area (Å²) in [5.41, 5.74) is 0.944. The van der Waals surface area contributed by atoms with Crippen molar-refractivity contribution in [3.63, 3.8) is 0 Å². The van der Waals surface area contributed by atoms with E-state index in [9.17, 15) is 9.59 Å². The average molecular weight is 406 g/mol. The second-order valence-corrected chi connectivity index (χ2v) is 6.93. The Balaban J connectivity index is 1.42. The van der Waals surface area contributed by atoms with Crippen LogP contribution in [0.25, 0.3) is 10.8 Å². The number of nitrogens with zero attached hydrogens (tertiary/aromatic N) is 1. The molecule has 0 saturated heterocycles. The van der Waals surface area contributed by atoms with Gasteiger partial charge < -0.3 is 19.7 Å². The van der Waals surface area contributed by atoms with Crippen LogP contribution in [0, 0.1) is 0 Å². The Morgan fingerprint density at radius 1 is 0.933 bits per heavy atom. The molecule has 6 nitrogen and oxygen atoms in total. The van der Waals surface area contributed by atoms with Gasteiger partial charge in [0.25, 0.3) is 0 Å². The zero-order chi connectivity index (χ0) is 21.3. The lowest BCUT2D eigenvalue weighted by atomic mass is 10.0. The third kappa shape index (κ3) is 5.73. The topological polar surface area (TPSA) is 67.9 Å². The maximum atomic E-state index is 12.3. The highest BCUT2D eigenvalue weighted by atomic mass is 16.5. The minimum atomic E-state index is -0.178. The average Bonchev–Trinajstić information content (AvgIpc) is 2.78. The van der Waals surface area contributed by atoms with Crippen molar-refractivity contribution in [1.29, 1.82) is 0 Å². The minimum Gasteiger partial charge on any atom is -0.497 e. The van der Waals surface area contributed by atoms with E-state index in [4.69, 9.17) is 9.47 Å². The van der Waals surface area contributed by atoms with E-state index in [1.165, 1.54) is 0 Å². The third-order valence-electron chi connectivity index (χ3n) is 4.85. The number of fused-ring (bicyclic) bond motifs is 1. The maximum absolute atomic E-state index is 12.3. The molecule has 0 bridgehead atoms. The molecule has 0 spiro atoms. The Morgan fingerprint density at radius 2 is 1.63 bits per heavy atom. The Kier molecular flexibility index (Phi) is 7.27. The second kappa shape index (κ2) is 10.3. The Labute approximate surface area is 176 Å². The van der Waals surface area contributed by atoms with Crippen LogP contribution in [0.1, 0.15) is 5.56 Å². The van der Waals surface area contributed by atoms with Crippen LogP contribution in [0.5, 0.6) is 11.5 Å². The summed E-state index contributed by atoms with van der Waals surface area (Å²) in [4.78, 5) is 26.1. The molecule has 0 aliphatic rings. The number of hydrogen-bond donors (Lipinski definition) is 1. The lowest BCUT2D eigenvalue weighted by Gasteiger charge is -2.18. The molecule has 0 saturated carbocycles. The molecule has 0 fully saturated rings. The van der Waals surface area contributed by atoms with Crippen molar-refractivity contribution in [2.45, 2.75) is 6.42 Å². The molecule has 0 radical (unpaired) electrons. The lowest BCUT2D eigenvalue weighted by Crippen LogP contribution is -2.40. The summed E-state index contributed by atoms with van der Waals surface area (Å²) in [6, 6.07) is 21.1. The fourth-order valence-electron chi connectivity index (χ4n) is 3.09. The summed E-state index contributed by atoms with van der Waals surface area (Å²) < 4.78 is 10.7. The normalized spacial score (nSPS) is 10.5. The van der Waals surface area contributed by atoms with Crippen molar-refractivity contribution in [2.24, 2.45) is 0 Å². The van der Waals surface area contributed by atoms with E-state index in [2.05, 4.69) is 5.32 Å². The predicted molar refractivity (Wildman–Crippen MR) is 117 cm³/mol. The predicted octanol–water partition coefficient (Wildman–Crippen LogP) is 3.04. The summed E-state index contributed by atoms with van der Waals surface area (Å²) in [6.45, 7) is 0.741. The largest absolute Gasteiger partial charge is 0.497 e. The number of ether oxygens (including phenoxy) is 2. The number of benzene rings is 3. The quantitative estimate of drug-likeness (QED) is 0.593. The molecule has 3 aromatic rings. The molecular formula is C24H26N2O4. The number of carbonyl (C=O) groups excluding carboxylic acids is 2. The summed E-state index contributed by atoms with van der Waals surface area (Å²) in [6.07, 6.45) is 0.235. The number of hydrogen-bond acceptors (Lipinski definition) is 4. The first-order valence-corrected chi connectivity index (χ1v) is 9.81. The van der Waals surface area contributed by atoms with Gasteiger partial charge in [0.05, 0.1) is 26.6 Å². The molecule has 30 heavy (non-hydrogen) atoms. The van der Waals surface area contributed by atoms with E-state index >= 15 is 0 Å². The van der Waals surface area contributed by atoms with Gasteiger partial charge in [-0.05, 0) is 40.6 Å². The van der Waals surface area contributed by atoms with Crippen LogP contribution in [0.4, 0.5) is 0 Å². The zero-order valence-electron chi connectivity index (χ0n) is 17.3. The van der Waals surface area contributed by atoms with Crippen molar-refractivity contribution in [3.8, 4) is 11.5 Å². The van der Waals surface area contributed by atoms with Crippen LogP contribution in [0.15, 0.2) is 66.7 Å². The number of likely N-dealkylation sites (N-methyl/N-ethyl adjacent to an activating group) is 1. The number of nitrogens with one attached hydrogen (secondary N) is 1. The van der Waals surface area contributed by atoms with Crippen molar-refractivity contribution in [3.05, 3.63) is 72.3 Å². The van der Waals surface area contributed by atoms with E-state index < -0.39 is 0 Å². The number of carbonyl (C=O) groups is 2. The first-order valence-electron chi connectivity index (χ1n) is 9.81. The van der Waals surface area contributed by atoms with Gasteiger partial charge in [0.1, 0.15) is 18.1 Å². The zero-order valence-corrected chi connectivity index (χ0v) is 17.3. The molecule has 0 aliphatic heterocycles. The van der Waals surface area contributed by atoms with Crippen LogP contribution < -0.4 is 14.8 Å². The molecule has 0 atom stereocenters. The number of amides is 2. The van der Waals surface area contributed by atoms with Crippen LogP contribution >= 0.6 is 0 Å². The van der Waals surface area contributed by atoms with E-state index in [1.807, 2.05) is 66.7 Å². The number of methoxy groups -OCH3 is 1. The minimum absolute atomic E-state index is 0.0391. The molecule has 1 N–H and O–H groups in total.